The molecule has 7 N–H and O–H groups in total. The van der Waals surface area contributed by atoms with Gasteiger partial charge in [-0.25, -0.2) is 4.79 Å². The molecule has 0 aromatic rings. The third-order valence-corrected chi connectivity index (χ3v) is 7.79. The monoisotopic (exact) mass is 566 g/mol. The van der Waals surface area contributed by atoms with E-state index in [0.717, 1.165) is 0 Å². The van der Waals surface area contributed by atoms with Crippen molar-refractivity contribution in [3.8, 4) is 0 Å². The molecular formula is C27H46N6O7. The van der Waals surface area contributed by atoms with Gasteiger partial charge in [0.15, 0.2) is 0 Å². The number of amides is 5. The van der Waals surface area contributed by atoms with Crippen molar-refractivity contribution >= 4 is 35.5 Å². The number of likely N-dealkylation sites (tertiary alicyclic amines) is 2. The van der Waals surface area contributed by atoms with E-state index in [9.17, 15) is 33.9 Å². The average Bonchev–Trinajstić information content (AvgIpc) is 3.58. The molecule has 0 saturated carbocycles. The van der Waals surface area contributed by atoms with Crippen LogP contribution in [0, 0.1) is 11.8 Å². The molecule has 0 aromatic heterocycles. The fraction of sp³-hybridized carbons (Fsp3) is 0.778. The van der Waals surface area contributed by atoms with Gasteiger partial charge in [0.2, 0.25) is 29.5 Å². The zero-order valence-corrected chi connectivity index (χ0v) is 24.1. The molecule has 13 heteroatoms. The second-order valence-corrected chi connectivity index (χ2v) is 11.4. The average molecular weight is 567 g/mol. The summed E-state index contributed by atoms with van der Waals surface area (Å²) in [5.74, 6) is -3.78. The number of aliphatic carboxylic acids is 1. The molecular weight excluding hydrogens is 520 g/mol. The zero-order chi connectivity index (χ0) is 30.1. The van der Waals surface area contributed by atoms with Crippen LogP contribution in [0.5, 0.6) is 0 Å². The summed E-state index contributed by atoms with van der Waals surface area (Å²) in [7, 11) is 0. The number of hydrogen-bond acceptors (Lipinski definition) is 7. The van der Waals surface area contributed by atoms with Gasteiger partial charge in [-0.3, -0.25) is 24.0 Å². The van der Waals surface area contributed by atoms with Crippen molar-refractivity contribution in [2.24, 2.45) is 23.3 Å². The maximum Gasteiger partial charge on any atom is 0.326 e. The molecule has 226 valence electrons. The Kier molecular flexibility index (Phi) is 12.3. The molecule has 13 nitrogen and oxygen atoms in total. The van der Waals surface area contributed by atoms with Gasteiger partial charge < -0.3 is 37.0 Å². The Hall–Kier alpha value is -3.22. The van der Waals surface area contributed by atoms with Crippen molar-refractivity contribution in [1.82, 2.24) is 20.4 Å². The first-order valence-electron chi connectivity index (χ1n) is 14.3. The lowest BCUT2D eigenvalue weighted by Gasteiger charge is -2.33. The summed E-state index contributed by atoms with van der Waals surface area (Å²) in [6.45, 7) is 8.08. The summed E-state index contributed by atoms with van der Waals surface area (Å²) < 4.78 is 0. The summed E-state index contributed by atoms with van der Waals surface area (Å²) in [5, 5.41) is 15.0. The van der Waals surface area contributed by atoms with E-state index in [1.54, 1.807) is 0 Å². The molecule has 2 rings (SSSR count). The first kappa shape index (κ1) is 33.0. The normalized spacial score (nSPS) is 21.9. The quantitative estimate of drug-likeness (QED) is 0.188. The topological polar surface area (TPSA) is 205 Å². The number of carbonyl (C=O) groups is 6. The second kappa shape index (κ2) is 15.0. The number of nitrogens with two attached hydrogens (primary N) is 2. The van der Waals surface area contributed by atoms with Gasteiger partial charge in [-0.05, 0) is 50.4 Å². The summed E-state index contributed by atoms with van der Waals surface area (Å²) in [4.78, 5) is 78.7. The number of carboxylic acid groups (broad SMARTS) is 1. The Labute approximate surface area is 235 Å². The van der Waals surface area contributed by atoms with Crippen molar-refractivity contribution in [2.45, 2.75) is 109 Å². The largest absolute Gasteiger partial charge is 0.480 e. The van der Waals surface area contributed by atoms with E-state index in [-0.39, 0.29) is 31.1 Å². The van der Waals surface area contributed by atoms with E-state index in [2.05, 4.69) is 10.6 Å². The molecule has 0 spiro atoms. The first-order chi connectivity index (χ1) is 18.8. The van der Waals surface area contributed by atoms with Crippen LogP contribution in [0.25, 0.3) is 0 Å². The maximum absolute atomic E-state index is 13.8. The Morgan fingerprint density at radius 3 is 1.90 bits per heavy atom. The van der Waals surface area contributed by atoms with Crippen molar-refractivity contribution in [2.75, 3.05) is 13.1 Å². The highest BCUT2D eigenvalue weighted by Gasteiger charge is 2.42. The highest BCUT2D eigenvalue weighted by molar-refractivity contribution is 5.96. The fourth-order valence-electron chi connectivity index (χ4n) is 5.31. The van der Waals surface area contributed by atoms with Crippen LogP contribution in [0.15, 0.2) is 0 Å². The van der Waals surface area contributed by atoms with Crippen molar-refractivity contribution in [3.05, 3.63) is 0 Å². The maximum atomic E-state index is 13.8. The number of carbonyl (C=O) groups excluding carboxylic acids is 5. The van der Waals surface area contributed by atoms with E-state index in [1.165, 1.54) is 9.80 Å². The van der Waals surface area contributed by atoms with E-state index in [0.29, 0.717) is 45.2 Å². The Morgan fingerprint density at radius 1 is 0.900 bits per heavy atom. The van der Waals surface area contributed by atoms with Crippen LogP contribution in [0.1, 0.15) is 79.1 Å². The van der Waals surface area contributed by atoms with Gasteiger partial charge in [0, 0.05) is 19.5 Å². The lowest BCUT2D eigenvalue weighted by atomic mass is 9.96. The summed E-state index contributed by atoms with van der Waals surface area (Å²) >= 11 is 0. The lowest BCUT2D eigenvalue weighted by Crippen LogP contribution is -2.59. The van der Waals surface area contributed by atoms with Crippen LogP contribution in [-0.2, 0) is 28.8 Å². The third-order valence-electron chi connectivity index (χ3n) is 7.79. The third kappa shape index (κ3) is 8.64. The number of nitrogens with zero attached hydrogens (tertiary/aromatic N) is 2. The predicted molar refractivity (Wildman–Crippen MR) is 146 cm³/mol. The van der Waals surface area contributed by atoms with Crippen LogP contribution in [-0.4, -0.2) is 93.7 Å². The Balaban J connectivity index is 2.15. The van der Waals surface area contributed by atoms with Gasteiger partial charge in [-0.1, -0.05) is 34.1 Å². The highest BCUT2D eigenvalue weighted by Crippen LogP contribution is 2.24. The molecule has 0 bridgehead atoms. The zero-order valence-electron chi connectivity index (χ0n) is 24.1. The smallest absolute Gasteiger partial charge is 0.326 e. The summed E-state index contributed by atoms with van der Waals surface area (Å²) in [6.07, 6.45) is 2.81. The van der Waals surface area contributed by atoms with Gasteiger partial charge >= 0.3 is 5.97 Å². The van der Waals surface area contributed by atoms with E-state index in [4.69, 9.17) is 11.5 Å². The van der Waals surface area contributed by atoms with Crippen LogP contribution in [0.2, 0.25) is 0 Å². The Bertz CT molecular complexity index is 958. The van der Waals surface area contributed by atoms with Crippen LogP contribution >= 0.6 is 0 Å². The first-order valence-corrected chi connectivity index (χ1v) is 14.3. The SMILES string of the molecule is CC[C@H](C)[C@H](NC(=O)[C@@H]1CCCN1C(=O)[C@@H](N)CCC(N)=O)C(=O)N1CCC[C@H]1C(=O)N[C@@H](CC(C)C)C(=O)O. The lowest BCUT2D eigenvalue weighted by molar-refractivity contribution is -0.146. The van der Waals surface area contributed by atoms with Gasteiger partial charge in [-0.15, -0.1) is 0 Å². The van der Waals surface area contributed by atoms with Crippen molar-refractivity contribution in [1.29, 1.82) is 0 Å². The molecule has 0 aliphatic carbocycles. The molecule has 6 atom stereocenters. The second-order valence-electron chi connectivity index (χ2n) is 11.4. The standard InChI is InChI=1S/C27H46N6O7/c1-5-16(4)22(31-24(36)20-9-6-12-32(20)25(37)17(28)10-11-21(29)34)26(38)33-13-7-8-19(33)23(35)30-18(27(39)40)14-15(2)3/h15-20,22H,5-14,28H2,1-4H3,(H2,29,34)(H,30,35)(H,31,36)(H,39,40)/t16-,17-,18-,19-,20-,22-/m0/s1. The van der Waals surface area contributed by atoms with Crippen LogP contribution in [0.4, 0.5) is 0 Å². The summed E-state index contributed by atoms with van der Waals surface area (Å²) in [5.41, 5.74) is 11.1. The van der Waals surface area contributed by atoms with Gasteiger partial charge in [-0.2, -0.15) is 0 Å². The highest BCUT2D eigenvalue weighted by atomic mass is 16.4. The van der Waals surface area contributed by atoms with Crippen LogP contribution < -0.4 is 22.1 Å². The van der Waals surface area contributed by atoms with Crippen LogP contribution in [0.3, 0.4) is 0 Å². The molecule has 2 aliphatic rings. The Morgan fingerprint density at radius 2 is 1.43 bits per heavy atom. The minimum absolute atomic E-state index is 0.0442. The molecule has 40 heavy (non-hydrogen) atoms. The van der Waals surface area contributed by atoms with Gasteiger partial charge in [0.1, 0.15) is 24.2 Å². The number of nitrogens with one attached hydrogen (secondary N) is 2. The van der Waals surface area contributed by atoms with E-state index < -0.39 is 65.7 Å². The molecule has 0 unspecified atom stereocenters. The van der Waals surface area contributed by atoms with E-state index in [1.807, 2.05) is 27.7 Å². The molecule has 2 aliphatic heterocycles. The van der Waals surface area contributed by atoms with Gasteiger partial charge in [0.05, 0.1) is 6.04 Å². The number of rotatable bonds is 14. The fourth-order valence-corrected chi connectivity index (χ4v) is 5.31. The van der Waals surface area contributed by atoms with Crippen molar-refractivity contribution in [3.63, 3.8) is 0 Å². The number of carboxylic acids is 1. The molecule has 0 radical (unpaired) electrons. The molecule has 5 amide bonds. The number of primary amides is 1. The van der Waals surface area contributed by atoms with Crippen molar-refractivity contribution < 1.29 is 33.9 Å². The molecule has 0 aromatic carbocycles. The molecule has 2 saturated heterocycles. The minimum atomic E-state index is -1.13. The number of hydrogen-bond donors (Lipinski definition) is 5. The molecule has 2 heterocycles. The summed E-state index contributed by atoms with van der Waals surface area (Å²) in [6, 6.07) is -4.61. The predicted octanol–water partition coefficient (Wildman–Crippen LogP) is -0.292. The van der Waals surface area contributed by atoms with Gasteiger partial charge in [0.25, 0.3) is 0 Å². The minimum Gasteiger partial charge on any atom is -0.480 e. The van der Waals surface area contributed by atoms with E-state index >= 15 is 0 Å². The molecule has 2 fully saturated rings.